The van der Waals surface area contributed by atoms with Crippen LogP contribution < -0.4 is 10.1 Å². The molecule has 0 aliphatic rings. The molecule has 0 atom stereocenters. The molecule has 0 unspecified atom stereocenters. The molecule has 142 valence electrons. The highest BCUT2D eigenvalue weighted by molar-refractivity contribution is 7.15. The minimum Gasteiger partial charge on any atom is -0.497 e. The minimum atomic E-state index is -1.01. The quantitative estimate of drug-likeness (QED) is 0.536. The number of fused-ring (bicyclic) bond motifs is 1. The third-order valence-corrected chi connectivity index (χ3v) is 5.08. The summed E-state index contributed by atoms with van der Waals surface area (Å²) in [6, 6.07) is 10.8. The second-order valence-corrected chi connectivity index (χ2v) is 6.93. The van der Waals surface area contributed by atoms with Crippen LogP contribution in [0.15, 0.2) is 54.0 Å². The Morgan fingerprint density at radius 1 is 1.21 bits per heavy atom. The van der Waals surface area contributed by atoms with Gasteiger partial charge in [0, 0.05) is 34.6 Å². The Balaban J connectivity index is 1.55. The van der Waals surface area contributed by atoms with Crippen molar-refractivity contribution in [3.63, 3.8) is 0 Å². The summed E-state index contributed by atoms with van der Waals surface area (Å²) >= 11 is 1.42. The monoisotopic (exact) mass is 399 g/mol. The molecule has 2 aromatic heterocycles. The third-order valence-electron chi connectivity index (χ3n) is 4.19. The number of carbonyl (C=O) groups is 1. The van der Waals surface area contributed by atoms with Gasteiger partial charge in [-0.15, -0.1) is 11.3 Å². The number of hydrogen-bond donors (Lipinski definition) is 1. The summed E-state index contributed by atoms with van der Waals surface area (Å²) in [6.07, 6.45) is 1.94. The van der Waals surface area contributed by atoms with Gasteiger partial charge >= 0.3 is 0 Å². The molecule has 0 saturated heterocycles. The van der Waals surface area contributed by atoms with Crippen LogP contribution >= 0.6 is 11.3 Å². The number of amides is 1. The smallest absolute Gasteiger partial charge is 0.230 e. The molecule has 0 saturated carbocycles. The van der Waals surface area contributed by atoms with Crippen molar-refractivity contribution >= 4 is 27.9 Å². The molecule has 28 heavy (non-hydrogen) atoms. The number of methoxy groups -OCH3 is 1. The van der Waals surface area contributed by atoms with Crippen molar-refractivity contribution in [2.45, 2.75) is 6.42 Å². The number of nitrogens with one attached hydrogen (secondary N) is 1. The highest BCUT2D eigenvalue weighted by Crippen LogP contribution is 2.26. The zero-order valence-electron chi connectivity index (χ0n) is 14.8. The predicted octanol–water partition coefficient (Wildman–Crippen LogP) is 4.53. The zero-order valence-corrected chi connectivity index (χ0v) is 15.6. The van der Waals surface area contributed by atoms with E-state index in [-0.39, 0.29) is 18.0 Å². The normalized spacial score (nSPS) is 11.0. The molecule has 0 fully saturated rings. The Labute approximate surface area is 163 Å². The molecular weight excluding hydrogens is 384 g/mol. The molecule has 4 rings (SSSR count). The number of imidazole rings is 1. The molecule has 0 aliphatic heterocycles. The van der Waals surface area contributed by atoms with Gasteiger partial charge in [-0.1, -0.05) is 12.1 Å². The van der Waals surface area contributed by atoms with Crippen molar-refractivity contribution in [2.24, 2.45) is 0 Å². The molecule has 0 spiro atoms. The van der Waals surface area contributed by atoms with Crippen LogP contribution in [-0.2, 0) is 11.2 Å². The molecule has 2 aromatic carbocycles. The summed E-state index contributed by atoms with van der Waals surface area (Å²) in [6.45, 7) is 0. The SMILES string of the molecule is COc1cccc(-c2cn3c(CC(=O)Nc4ccc(F)c(F)c4)csc3n2)c1. The van der Waals surface area contributed by atoms with Crippen molar-refractivity contribution in [2.75, 3.05) is 12.4 Å². The fourth-order valence-electron chi connectivity index (χ4n) is 2.82. The summed E-state index contributed by atoms with van der Waals surface area (Å²) in [5, 5.41) is 4.42. The molecule has 5 nitrogen and oxygen atoms in total. The molecule has 0 aliphatic carbocycles. The van der Waals surface area contributed by atoms with E-state index in [4.69, 9.17) is 4.74 Å². The van der Waals surface area contributed by atoms with Gasteiger partial charge < -0.3 is 10.1 Å². The van der Waals surface area contributed by atoms with Gasteiger partial charge in [0.25, 0.3) is 0 Å². The van der Waals surface area contributed by atoms with Crippen molar-refractivity contribution < 1.29 is 18.3 Å². The lowest BCUT2D eigenvalue weighted by molar-refractivity contribution is -0.115. The van der Waals surface area contributed by atoms with Crippen molar-refractivity contribution in [1.29, 1.82) is 0 Å². The summed E-state index contributed by atoms with van der Waals surface area (Å²) < 4.78 is 33.4. The van der Waals surface area contributed by atoms with E-state index in [9.17, 15) is 13.6 Å². The van der Waals surface area contributed by atoms with E-state index in [0.717, 1.165) is 39.8 Å². The van der Waals surface area contributed by atoms with E-state index >= 15 is 0 Å². The second kappa shape index (κ2) is 7.40. The molecule has 4 aromatic rings. The average molecular weight is 399 g/mol. The minimum absolute atomic E-state index is 0.0763. The molecule has 8 heteroatoms. The Morgan fingerprint density at radius 3 is 2.86 bits per heavy atom. The lowest BCUT2D eigenvalue weighted by Gasteiger charge is -2.05. The van der Waals surface area contributed by atoms with Gasteiger partial charge in [0.05, 0.1) is 19.2 Å². The van der Waals surface area contributed by atoms with Gasteiger partial charge in [-0.05, 0) is 24.3 Å². The van der Waals surface area contributed by atoms with Crippen LogP contribution in [0.2, 0.25) is 0 Å². The van der Waals surface area contributed by atoms with Crippen LogP contribution in [0.5, 0.6) is 5.75 Å². The van der Waals surface area contributed by atoms with Crippen LogP contribution in [0.1, 0.15) is 5.69 Å². The lowest BCUT2D eigenvalue weighted by atomic mass is 10.1. The first-order valence-electron chi connectivity index (χ1n) is 8.38. The van der Waals surface area contributed by atoms with Gasteiger partial charge in [-0.25, -0.2) is 13.8 Å². The van der Waals surface area contributed by atoms with E-state index in [2.05, 4.69) is 10.3 Å². The van der Waals surface area contributed by atoms with Gasteiger partial charge in [-0.2, -0.15) is 0 Å². The first-order valence-corrected chi connectivity index (χ1v) is 9.26. The van der Waals surface area contributed by atoms with Crippen LogP contribution in [0, 0.1) is 11.6 Å². The molecule has 2 heterocycles. The first-order chi connectivity index (χ1) is 13.5. The van der Waals surface area contributed by atoms with Gasteiger partial charge in [-0.3, -0.25) is 9.20 Å². The van der Waals surface area contributed by atoms with Crippen LogP contribution in [-0.4, -0.2) is 22.4 Å². The molecule has 1 N–H and O–H groups in total. The van der Waals surface area contributed by atoms with E-state index in [1.807, 2.05) is 40.2 Å². The largest absolute Gasteiger partial charge is 0.497 e. The number of carbonyl (C=O) groups excluding carboxylic acids is 1. The number of nitrogens with zero attached hydrogens (tertiary/aromatic N) is 2. The summed E-state index contributed by atoms with van der Waals surface area (Å²) in [5.74, 6) is -1.56. The topological polar surface area (TPSA) is 55.6 Å². The maximum absolute atomic E-state index is 13.3. The van der Waals surface area contributed by atoms with Gasteiger partial charge in [0.15, 0.2) is 16.6 Å². The average Bonchev–Trinajstić information content (AvgIpc) is 3.27. The predicted molar refractivity (Wildman–Crippen MR) is 104 cm³/mol. The molecule has 1 amide bonds. The van der Waals surface area contributed by atoms with Crippen molar-refractivity contribution in [1.82, 2.24) is 9.38 Å². The maximum atomic E-state index is 13.3. The van der Waals surface area contributed by atoms with Crippen molar-refractivity contribution in [3.8, 4) is 17.0 Å². The summed E-state index contributed by atoms with van der Waals surface area (Å²) in [4.78, 5) is 17.7. The molecule has 0 radical (unpaired) electrons. The Hall–Kier alpha value is -3.26. The standard InChI is InChI=1S/C20H15F2N3O2S/c1-27-15-4-2-3-12(7-15)18-10-25-14(11-28-20(25)24-18)9-19(26)23-13-5-6-16(21)17(22)8-13/h2-8,10-11H,9H2,1H3,(H,23,26). The highest BCUT2D eigenvalue weighted by Gasteiger charge is 2.14. The van der Waals surface area contributed by atoms with Gasteiger partial charge in [0.2, 0.25) is 5.91 Å². The van der Waals surface area contributed by atoms with E-state index < -0.39 is 11.6 Å². The first kappa shape index (κ1) is 18.1. The van der Waals surface area contributed by atoms with E-state index in [1.165, 1.54) is 17.4 Å². The van der Waals surface area contributed by atoms with Crippen LogP contribution in [0.25, 0.3) is 16.2 Å². The highest BCUT2D eigenvalue weighted by atomic mass is 32.1. The van der Waals surface area contributed by atoms with Crippen LogP contribution in [0.3, 0.4) is 0 Å². The summed E-state index contributed by atoms with van der Waals surface area (Å²) in [7, 11) is 1.61. The molecule has 0 bridgehead atoms. The molecular formula is C20H15F2N3O2S. The van der Waals surface area contributed by atoms with E-state index in [0.29, 0.717) is 0 Å². The van der Waals surface area contributed by atoms with Crippen LogP contribution in [0.4, 0.5) is 14.5 Å². The second-order valence-electron chi connectivity index (χ2n) is 6.09. The third kappa shape index (κ3) is 3.59. The maximum Gasteiger partial charge on any atom is 0.230 e. The number of rotatable bonds is 5. The number of anilines is 1. The number of hydrogen-bond acceptors (Lipinski definition) is 4. The fraction of sp³-hybridized carbons (Fsp3) is 0.100. The Morgan fingerprint density at radius 2 is 2.07 bits per heavy atom. The number of aromatic nitrogens is 2. The fourth-order valence-corrected chi connectivity index (χ4v) is 3.69. The van der Waals surface area contributed by atoms with Crippen molar-refractivity contribution in [3.05, 3.63) is 71.4 Å². The summed E-state index contributed by atoms with van der Waals surface area (Å²) in [5.41, 5.74) is 2.64. The Bertz CT molecular complexity index is 1170. The van der Waals surface area contributed by atoms with Gasteiger partial charge in [0.1, 0.15) is 5.75 Å². The Kier molecular flexibility index (Phi) is 4.79. The number of thiazole rings is 1. The number of halogens is 2. The zero-order chi connectivity index (χ0) is 19.7. The lowest BCUT2D eigenvalue weighted by Crippen LogP contribution is -2.15. The number of benzene rings is 2. The van der Waals surface area contributed by atoms with E-state index in [1.54, 1.807) is 7.11 Å². The number of ether oxygens (including phenoxy) is 1.